The van der Waals surface area contributed by atoms with Crippen LogP contribution < -0.4 is 10.6 Å². The van der Waals surface area contributed by atoms with Gasteiger partial charge in [0.15, 0.2) is 11.6 Å². The lowest BCUT2D eigenvalue weighted by molar-refractivity contribution is 0.102. The maximum absolute atomic E-state index is 13.5. The highest BCUT2D eigenvalue weighted by Crippen LogP contribution is 2.43. The third-order valence-electron chi connectivity index (χ3n) is 10.3. The molecule has 57 heavy (non-hydrogen) atoms. The Morgan fingerprint density at radius 1 is 0.474 bits per heavy atom. The Kier molecular flexibility index (Phi) is 7.23. The molecule has 13 heteroatoms. The molecule has 0 bridgehead atoms. The van der Waals surface area contributed by atoms with E-state index in [4.69, 9.17) is 4.42 Å². The molecular weight excluding hydrogens is 757 g/mol. The molecule has 11 nitrogen and oxygen atoms in total. The number of anilines is 2. The summed E-state index contributed by atoms with van der Waals surface area (Å²) in [6.45, 7) is 0. The number of hydrogen-bond donors (Lipinski definition) is 2. The fourth-order valence-electron chi connectivity index (χ4n) is 7.51. The van der Waals surface area contributed by atoms with Crippen LogP contribution in [0.5, 0.6) is 0 Å². The molecule has 3 heterocycles. The number of aromatic nitrogens is 4. The number of benzene rings is 6. The molecule has 2 N–H and O–H groups in total. The summed E-state index contributed by atoms with van der Waals surface area (Å²) in [5.41, 5.74) is 8.61. The van der Waals surface area contributed by atoms with Crippen LogP contribution in [0.2, 0.25) is 0 Å². The van der Waals surface area contributed by atoms with E-state index in [2.05, 4.69) is 29.6 Å². The van der Waals surface area contributed by atoms with E-state index in [-0.39, 0.29) is 23.4 Å². The maximum atomic E-state index is 13.5. The van der Waals surface area contributed by atoms with Gasteiger partial charge in [-0.2, -0.15) is 8.75 Å². The normalized spacial score (nSPS) is 12.4. The van der Waals surface area contributed by atoms with Crippen molar-refractivity contribution < 1.29 is 23.6 Å². The fraction of sp³-hybridized carbons (Fsp3) is 0. The second-order valence-electron chi connectivity index (χ2n) is 13.5. The van der Waals surface area contributed by atoms with E-state index < -0.39 is 0 Å². The predicted octanol–water partition coefficient (Wildman–Crippen LogP) is 9.55. The van der Waals surface area contributed by atoms with Gasteiger partial charge in [-0.1, -0.05) is 48.5 Å². The van der Waals surface area contributed by atoms with Gasteiger partial charge >= 0.3 is 0 Å². The van der Waals surface area contributed by atoms with Crippen LogP contribution in [-0.4, -0.2) is 42.3 Å². The molecule has 3 aromatic heterocycles. The molecule has 2 amide bonds. The molecule has 0 aliphatic heterocycles. The first-order valence-electron chi connectivity index (χ1n) is 17.7. The molecule has 0 atom stereocenters. The third-order valence-corrected chi connectivity index (χ3v) is 12.0. The van der Waals surface area contributed by atoms with Crippen LogP contribution in [0, 0.1) is 0 Å². The van der Waals surface area contributed by atoms with Gasteiger partial charge in [-0.05, 0) is 95.9 Å². The highest BCUT2D eigenvalue weighted by Gasteiger charge is 2.31. The Balaban J connectivity index is 0.779. The summed E-state index contributed by atoms with van der Waals surface area (Å²) >= 11 is 2.42. The van der Waals surface area contributed by atoms with E-state index in [0.717, 1.165) is 22.5 Å². The van der Waals surface area contributed by atoms with Crippen molar-refractivity contribution in [3.63, 3.8) is 0 Å². The lowest BCUT2D eigenvalue weighted by Crippen LogP contribution is -2.14. The molecule has 11 rings (SSSR count). The van der Waals surface area contributed by atoms with Crippen LogP contribution in [0.3, 0.4) is 0 Å². The van der Waals surface area contributed by atoms with Gasteiger partial charge in [0.25, 0.3) is 11.8 Å². The van der Waals surface area contributed by atoms with Gasteiger partial charge in [0.05, 0.1) is 31.9 Å². The largest absolute Gasteiger partial charge is 0.416 e. The lowest BCUT2D eigenvalue weighted by Gasteiger charge is -2.15. The minimum absolute atomic E-state index is 0.0758. The highest BCUT2D eigenvalue weighted by atomic mass is 32.1. The standard InChI is InChI=1S/C44H22N6O5S2/c51-37-27-7-3-1-5-25(27)35-33-29(37)17-19-31(39(33)56-49-35)41(53)45-23-13-9-21(10-14-23)43-47-48-44(55-43)22-11-15-24(16-12-22)46-42(54)32-20-18-30-34-36(50-57-40(32)34)26-6-2-4-8-28(26)38(30)52/h1-20H,(H,45,53)(H,46,54). The van der Waals surface area contributed by atoms with Gasteiger partial charge in [-0.15, -0.1) is 10.2 Å². The number of fused-ring (bicyclic) bond motifs is 4. The third kappa shape index (κ3) is 5.10. The Labute approximate surface area is 330 Å². The Morgan fingerprint density at radius 2 is 0.877 bits per heavy atom. The molecule has 0 unspecified atom stereocenters. The first kappa shape index (κ1) is 32.9. The zero-order chi connectivity index (χ0) is 38.4. The molecule has 0 saturated heterocycles. The number of carbonyl (C=O) groups is 4. The number of nitrogens with one attached hydrogen (secondary N) is 2. The van der Waals surface area contributed by atoms with Crippen molar-refractivity contribution in [3.8, 4) is 45.4 Å². The number of hydrogen-bond acceptors (Lipinski definition) is 11. The van der Waals surface area contributed by atoms with Gasteiger partial charge in [-0.3, -0.25) is 19.2 Å². The number of nitrogens with zero attached hydrogens (tertiary/aromatic N) is 4. The van der Waals surface area contributed by atoms with E-state index in [1.54, 1.807) is 84.9 Å². The molecule has 9 aromatic rings. The second kappa shape index (κ2) is 12.5. The van der Waals surface area contributed by atoms with Crippen molar-refractivity contribution in [2.24, 2.45) is 0 Å². The van der Waals surface area contributed by atoms with E-state index >= 15 is 0 Å². The van der Waals surface area contributed by atoms with Crippen LogP contribution in [0.25, 0.3) is 65.6 Å². The smallest absolute Gasteiger partial charge is 0.257 e. The summed E-state index contributed by atoms with van der Waals surface area (Å²) in [7, 11) is 0. The summed E-state index contributed by atoms with van der Waals surface area (Å²) in [6.07, 6.45) is 0. The molecule has 6 aromatic carbocycles. The van der Waals surface area contributed by atoms with Gasteiger partial charge in [-0.25, -0.2) is 0 Å². The monoisotopic (exact) mass is 778 g/mol. The number of carbonyl (C=O) groups excluding carboxylic acids is 4. The van der Waals surface area contributed by atoms with Crippen molar-refractivity contribution in [2.45, 2.75) is 0 Å². The van der Waals surface area contributed by atoms with Crippen LogP contribution >= 0.6 is 23.1 Å². The van der Waals surface area contributed by atoms with E-state index in [0.29, 0.717) is 87.8 Å². The molecule has 2 aliphatic rings. The van der Waals surface area contributed by atoms with Gasteiger partial charge in [0.2, 0.25) is 11.8 Å². The van der Waals surface area contributed by atoms with Crippen LogP contribution in [-0.2, 0) is 0 Å². The number of ketones is 2. The minimum atomic E-state index is -0.318. The average Bonchev–Trinajstić information content (AvgIpc) is 4.03. The van der Waals surface area contributed by atoms with Crippen LogP contribution in [0.1, 0.15) is 52.6 Å². The first-order valence-corrected chi connectivity index (χ1v) is 19.3. The molecule has 0 radical (unpaired) electrons. The van der Waals surface area contributed by atoms with Gasteiger partial charge in [0.1, 0.15) is 0 Å². The van der Waals surface area contributed by atoms with Gasteiger partial charge < -0.3 is 15.1 Å². The zero-order valence-corrected chi connectivity index (χ0v) is 30.8. The summed E-state index contributed by atoms with van der Waals surface area (Å²) in [5, 5.41) is 15.8. The van der Waals surface area contributed by atoms with Crippen LogP contribution in [0.15, 0.2) is 126 Å². The highest BCUT2D eigenvalue weighted by molar-refractivity contribution is 7.14. The summed E-state index contributed by atoms with van der Waals surface area (Å²) in [4.78, 5) is 53.4. The predicted molar refractivity (Wildman–Crippen MR) is 218 cm³/mol. The zero-order valence-electron chi connectivity index (χ0n) is 29.2. The molecule has 0 spiro atoms. The van der Waals surface area contributed by atoms with Gasteiger partial charge in [0, 0.05) is 66.7 Å². The second-order valence-corrected chi connectivity index (χ2v) is 15.1. The molecule has 2 aliphatic carbocycles. The van der Waals surface area contributed by atoms with Crippen molar-refractivity contribution in [1.29, 1.82) is 0 Å². The summed E-state index contributed by atoms with van der Waals surface area (Å²) in [6, 6.07) is 35.6. The van der Waals surface area contributed by atoms with E-state index in [1.807, 2.05) is 36.4 Å². The SMILES string of the molecule is O=C(Nc1ccc(-c2nnc(-c3ccc(NC(=O)c4ccc5c6c(nsc46)-c4ccccc4C5=O)cc3)o2)cc1)c1ccc2c3c(nsc13)-c1ccccc1C2=O. The summed E-state index contributed by atoms with van der Waals surface area (Å²) < 4.78 is 16.6. The van der Waals surface area contributed by atoms with Crippen LogP contribution in [0.4, 0.5) is 11.4 Å². The van der Waals surface area contributed by atoms with Crippen molar-refractivity contribution >= 4 is 78.0 Å². The molecule has 0 fully saturated rings. The average molecular weight is 779 g/mol. The fourth-order valence-corrected chi connectivity index (χ4v) is 9.37. The number of rotatable bonds is 6. The Bertz CT molecular complexity index is 3000. The lowest BCUT2D eigenvalue weighted by atomic mass is 9.87. The van der Waals surface area contributed by atoms with E-state index in [9.17, 15) is 19.2 Å². The molecule has 0 saturated carbocycles. The topological polar surface area (TPSA) is 157 Å². The van der Waals surface area contributed by atoms with Crippen molar-refractivity contribution in [3.05, 3.63) is 155 Å². The number of amides is 2. The first-order chi connectivity index (χ1) is 27.9. The van der Waals surface area contributed by atoms with Crippen molar-refractivity contribution in [1.82, 2.24) is 18.9 Å². The Morgan fingerprint density at radius 3 is 1.30 bits per heavy atom. The van der Waals surface area contributed by atoms with E-state index in [1.165, 1.54) is 23.1 Å². The Hall–Kier alpha value is -7.48. The molecular formula is C44H22N6O5S2. The molecule has 270 valence electrons. The quantitative estimate of drug-likeness (QED) is 0.168. The minimum Gasteiger partial charge on any atom is -0.416 e. The van der Waals surface area contributed by atoms with Crippen molar-refractivity contribution in [2.75, 3.05) is 10.6 Å². The maximum Gasteiger partial charge on any atom is 0.257 e. The summed E-state index contributed by atoms with van der Waals surface area (Å²) in [5.74, 6) is -0.204.